The van der Waals surface area contributed by atoms with Crippen molar-refractivity contribution >= 4 is 34.3 Å². The highest BCUT2D eigenvalue weighted by molar-refractivity contribution is 6.11. The number of carbonyl (C=O) groups is 2. The Kier molecular flexibility index (Phi) is 8.69. The molecule has 9 nitrogen and oxygen atoms in total. The minimum Gasteiger partial charge on any atom is -0.464 e. The predicted molar refractivity (Wildman–Crippen MR) is 147 cm³/mol. The number of hydrogen-bond donors (Lipinski definition) is 3. The zero-order valence-corrected chi connectivity index (χ0v) is 22.6. The van der Waals surface area contributed by atoms with Gasteiger partial charge in [-0.3, -0.25) is 4.79 Å². The lowest BCUT2D eigenvalue weighted by Crippen LogP contribution is -2.29. The second-order valence-electron chi connectivity index (χ2n) is 10.7. The molecule has 1 fully saturated rings. The summed E-state index contributed by atoms with van der Waals surface area (Å²) >= 11 is 0. The van der Waals surface area contributed by atoms with E-state index in [0.717, 1.165) is 18.5 Å². The molecule has 1 aliphatic heterocycles. The van der Waals surface area contributed by atoms with Crippen LogP contribution in [-0.4, -0.2) is 58.5 Å². The first-order valence-corrected chi connectivity index (χ1v) is 13.2. The van der Waals surface area contributed by atoms with Crippen molar-refractivity contribution in [2.45, 2.75) is 64.6 Å². The van der Waals surface area contributed by atoms with Crippen molar-refractivity contribution in [3.63, 3.8) is 0 Å². The topological polar surface area (TPSA) is 115 Å². The van der Waals surface area contributed by atoms with Crippen molar-refractivity contribution in [2.24, 2.45) is 5.92 Å². The Balaban J connectivity index is 1.72. The fourth-order valence-corrected chi connectivity index (χ4v) is 5.09. The number of hydrogen-bond acceptors (Lipinski definition) is 7. The van der Waals surface area contributed by atoms with Gasteiger partial charge in [-0.15, -0.1) is 0 Å². The summed E-state index contributed by atoms with van der Waals surface area (Å²) in [5, 5.41) is 17.3. The van der Waals surface area contributed by atoms with Gasteiger partial charge < -0.3 is 29.8 Å². The molecule has 204 valence electrons. The van der Waals surface area contributed by atoms with Gasteiger partial charge in [0.2, 0.25) is 5.91 Å². The molecule has 4 rings (SSSR count). The number of anilines is 2. The van der Waals surface area contributed by atoms with E-state index in [2.05, 4.69) is 22.8 Å². The van der Waals surface area contributed by atoms with Gasteiger partial charge in [0.05, 0.1) is 42.8 Å². The maximum atomic E-state index is 13.1. The zero-order valence-electron chi connectivity index (χ0n) is 22.6. The third kappa shape index (κ3) is 6.71. The number of methoxy groups -OCH3 is 1. The first kappa shape index (κ1) is 27.6. The second kappa shape index (κ2) is 12.0. The molecule has 0 radical (unpaired) electrons. The van der Waals surface area contributed by atoms with E-state index in [1.54, 1.807) is 20.0 Å². The molecule has 0 bridgehead atoms. The van der Waals surface area contributed by atoms with Crippen LogP contribution in [0.25, 0.3) is 11.0 Å². The van der Waals surface area contributed by atoms with Crippen molar-refractivity contribution < 1.29 is 24.2 Å². The Hall–Kier alpha value is -3.43. The lowest BCUT2D eigenvalue weighted by atomic mass is 10.0. The largest absolute Gasteiger partial charge is 0.464 e. The normalized spacial score (nSPS) is 16.4. The van der Waals surface area contributed by atoms with Crippen LogP contribution in [0.2, 0.25) is 0 Å². The number of benzene rings is 1. The molecule has 9 heteroatoms. The SMILES string of the molecule is COC(=O)c1c(NC(=O)[C@@H]2CCOC2)c2cc(N[C@@H](C)CC(C)(C)O)cnc2n1CCCc1ccccc1. The second-order valence-corrected chi connectivity index (χ2v) is 10.7. The first-order chi connectivity index (χ1) is 18.2. The number of aromatic nitrogens is 2. The summed E-state index contributed by atoms with van der Waals surface area (Å²) in [7, 11) is 1.34. The minimum absolute atomic E-state index is 0.0315. The monoisotopic (exact) mass is 522 g/mol. The molecule has 3 aromatic rings. The lowest BCUT2D eigenvalue weighted by molar-refractivity contribution is -0.119. The molecule has 1 amide bonds. The van der Waals surface area contributed by atoms with Gasteiger partial charge in [0, 0.05) is 24.6 Å². The standard InChI is InChI=1S/C29H38N4O5/c1-19(16-29(2,3)36)31-22-15-23-24(32-27(34)21-12-14-38-18-21)25(28(35)37-4)33(26(23)30-17-22)13-8-11-20-9-6-5-7-10-20/h5-7,9-10,15,17,19,21,31,36H,8,11-14,16,18H2,1-4H3,(H,32,34)/t19-,21+/m0/s1. The van der Waals surface area contributed by atoms with Crippen LogP contribution in [0.15, 0.2) is 42.6 Å². The van der Waals surface area contributed by atoms with E-state index in [1.807, 2.05) is 35.8 Å². The zero-order chi connectivity index (χ0) is 27.3. The Labute approximate surface area is 223 Å². The van der Waals surface area contributed by atoms with Crippen LogP contribution in [0, 0.1) is 5.92 Å². The van der Waals surface area contributed by atoms with Gasteiger partial charge in [0.15, 0.2) is 5.69 Å². The number of amides is 1. The predicted octanol–water partition coefficient (Wildman–Crippen LogP) is 4.39. The van der Waals surface area contributed by atoms with Crippen LogP contribution in [0.3, 0.4) is 0 Å². The van der Waals surface area contributed by atoms with E-state index < -0.39 is 11.6 Å². The van der Waals surface area contributed by atoms with Crippen molar-refractivity contribution in [2.75, 3.05) is 31.0 Å². The summed E-state index contributed by atoms with van der Waals surface area (Å²) in [5.41, 5.74) is 2.38. The Bertz CT molecular complexity index is 1260. The molecule has 2 atom stereocenters. The molecule has 1 aromatic carbocycles. The quantitative estimate of drug-likeness (QED) is 0.320. The van der Waals surface area contributed by atoms with Crippen LogP contribution in [0.1, 0.15) is 56.1 Å². The molecule has 1 saturated heterocycles. The Morgan fingerprint density at radius 3 is 2.71 bits per heavy atom. The van der Waals surface area contributed by atoms with E-state index >= 15 is 0 Å². The third-order valence-corrected chi connectivity index (χ3v) is 6.73. The van der Waals surface area contributed by atoms with Gasteiger partial charge in [-0.2, -0.15) is 0 Å². The van der Waals surface area contributed by atoms with Crippen LogP contribution >= 0.6 is 0 Å². The molecule has 2 aromatic heterocycles. The average molecular weight is 523 g/mol. The molecule has 3 heterocycles. The van der Waals surface area contributed by atoms with Gasteiger partial charge in [-0.05, 0) is 58.1 Å². The summed E-state index contributed by atoms with van der Waals surface area (Å²) in [6.45, 7) is 6.94. The van der Waals surface area contributed by atoms with Crippen LogP contribution in [0.4, 0.5) is 11.4 Å². The highest BCUT2D eigenvalue weighted by Crippen LogP contribution is 2.34. The van der Waals surface area contributed by atoms with Crippen LogP contribution in [-0.2, 0) is 27.2 Å². The maximum absolute atomic E-state index is 13.1. The molecular weight excluding hydrogens is 484 g/mol. The number of nitrogens with one attached hydrogen (secondary N) is 2. The average Bonchev–Trinajstić information content (AvgIpc) is 3.51. The van der Waals surface area contributed by atoms with Gasteiger partial charge >= 0.3 is 5.97 Å². The van der Waals surface area contributed by atoms with E-state index in [0.29, 0.717) is 49.3 Å². The van der Waals surface area contributed by atoms with Crippen LogP contribution in [0.5, 0.6) is 0 Å². The molecule has 0 unspecified atom stereocenters. The van der Waals surface area contributed by atoms with Gasteiger partial charge in [0.25, 0.3) is 0 Å². The Morgan fingerprint density at radius 2 is 2.05 bits per heavy atom. The van der Waals surface area contributed by atoms with E-state index in [1.165, 1.54) is 12.7 Å². The highest BCUT2D eigenvalue weighted by atomic mass is 16.5. The first-order valence-electron chi connectivity index (χ1n) is 13.2. The van der Waals surface area contributed by atoms with Gasteiger partial charge in [0.1, 0.15) is 5.65 Å². The summed E-state index contributed by atoms with van der Waals surface area (Å²) in [5.74, 6) is -1.01. The molecule has 0 aliphatic carbocycles. The maximum Gasteiger partial charge on any atom is 0.356 e. The lowest BCUT2D eigenvalue weighted by Gasteiger charge is -2.23. The number of aliphatic hydroxyl groups is 1. The molecule has 0 saturated carbocycles. The summed E-state index contributed by atoms with van der Waals surface area (Å²) < 4.78 is 12.4. The van der Waals surface area contributed by atoms with Gasteiger partial charge in [-0.25, -0.2) is 9.78 Å². The third-order valence-electron chi connectivity index (χ3n) is 6.73. The van der Waals surface area contributed by atoms with Crippen molar-refractivity contribution in [3.05, 3.63) is 53.9 Å². The van der Waals surface area contributed by atoms with Gasteiger partial charge in [-0.1, -0.05) is 30.3 Å². The summed E-state index contributed by atoms with van der Waals surface area (Å²) in [4.78, 5) is 30.9. The van der Waals surface area contributed by atoms with Crippen molar-refractivity contribution in [1.29, 1.82) is 0 Å². The number of aryl methyl sites for hydroxylation is 2. The number of fused-ring (bicyclic) bond motifs is 1. The number of nitrogens with zero attached hydrogens (tertiary/aromatic N) is 2. The smallest absolute Gasteiger partial charge is 0.356 e. The highest BCUT2D eigenvalue weighted by Gasteiger charge is 2.30. The number of ether oxygens (including phenoxy) is 2. The number of esters is 1. The number of carbonyl (C=O) groups excluding carboxylic acids is 2. The molecule has 0 spiro atoms. The van der Waals surface area contributed by atoms with E-state index in [9.17, 15) is 14.7 Å². The molecule has 38 heavy (non-hydrogen) atoms. The molecular formula is C29H38N4O5. The van der Waals surface area contributed by atoms with Crippen molar-refractivity contribution in [1.82, 2.24) is 9.55 Å². The minimum atomic E-state index is -0.827. The summed E-state index contributed by atoms with van der Waals surface area (Å²) in [6, 6.07) is 12.0. The molecule has 1 aliphatic rings. The fourth-order valence-electron chi connectivity index (χ4n) is 5.09. The fraction of sp³-hybridized carbons (Fsp3) is 0.483. The van der Waals surface area contributed by atoms with E-state index in [4.69, 9.17) is 14.5 Å². The number of pyridine rings is 1. The number of rotatable bonds is 11. The van der Waals surface area contributed by atoms with Crippen LogP contribution < -0.4 is 10.6 Å². The Morgan fingerprint density at radius 1 is 1.29 bits per heavy atom. The molecule has 3 N–H and O–H groups in total. The van der Waals surface area contributed by atoms with E-state index in [-0.39, 0.29) is 23.6 Å². The van der Waals surface area contributed by atoms with Crippen molar-refractivity contribution in [3.8, 4) is 0 Å². The summed E-state index contributed by atoms with van der Waals surface area (Å²) in [6.07, 6.45) is 4.48.